The SMILES string of the molecule is CCOP(=S)(OCC)SC(=O)c1ccccc1. The second kappa shape index (κ2) is 7.29. The lowest BCUT2D eigenvalue weighted by molar-refractivity contribution is 0.109. The van der Waals surface area contributed by atoms with Gasteiger partial charge in [0.25, 0.3) is 5.69 Å². The van der Waals surface area contributed by atoms with Crippen molar-refractivity contribution in [1.29, 1.82) is 0 Å². The fourth-order valence-corrected chi connectivity index (χ4v) is 5.51. The fourth-order valence-electron chi connectivity index (χ4n) is 1.13. The van der Waals surface area contributed by atoms with E-state index in [-0.39, 0.29) is 5.12 Å². The Bertz CT molecular complexity index is 398. The first-order valence-corrected chi connectivity index (χ1v) is 9.35. The van der Waals surface area contributed by atoms with Crippen LogP contribution in [0.15, 0.2) is 30.3 Å². The first-order valence-electron chi connectivity index (χ1n) is 5.29. The third-order valence-electron chi connectivity index (χ3n) is 1.78. The fraction of sp³-hybridized carbons (Fsp3) is 0.364. The Morgan fingerprint density at radius 2 is 1.76 bits per heavy atom. The quantitative estimate of drug-likeness (QED) is 0.743. The summed E-state index contributed by atoms with van der Waals surface area (Å²) in [7, 11) is 0. The number of benzene rings is 1. The van der Waals surface area contributed by atoms with E-state index in [2.05, 4.69) is 0 Å². The molecule has 94 valence electrons. The number of rotatable bonds is 6. The van der Waals surface area contributed by atoms with E-state index < -0.39 is 5.69 Å². The first-order chi connectivity index (χ1) is 8.11. The van der Waals surface area contributed by atoms with Gasteiger partial charge in [-0.3, -0.25) is 4.79 Å². The minimum Gasteiger partial charge on any atom is -0.322 e. The molecule has 1 aromatic carbocycles. The van der Waals surface area contributed by atoms with Crippen molar-refractivity contribution in [2.75, 3.05) is 13.2 Å². The van der Waals surface area contributed by atoms with Crippen molar-refractivity contribution >= 4 is 34.0 Å². The summed E-state index contributed by atoms with van der Waals surface area (Å²) in [5.74, 6) is 0. The Hall–Kier alpha value is -0.190. The van der Waals surface area contributed by atoms with E-state index in [1.54, 1.807) is 12.1 Å². The lowest BCUT2D eigenvalue weighted by Gasteiger charge is -2.18. The lowest BCUT2D eigenvalue weighted by atomic mass is 10.2. The molecule has 0 heterocycles. The van der Waals surface area contributed by atoms with Crippen LogP contribution in [0.2, 0.25) is 0 Å². The van der Waals surface area contributed by atoms with Crippen molar-refractivity contribution in [3.05, 3.63) is 35.9 Å². The van der Waals surface area contributed by atoms with Gasteiger partial charge >= 0.3 is 0 Å². The number of carbonyl (C=O) groups excluding carboxylic acids is 1. The third-order valence-corrected chi connectivity index (χ3v) is 6.66. The predicted octanol–water partition coefficient (Wildman–Crippen LogP) is 3.86. The van der Waals surface area contributed by atoms with Crippen LogP contribution in [0.4, 0.5) is 0 Å². The Kier molecular flexibility index (Phi) is 6.38. The maximum absolute atomic E-state index is 12.0. The molecule has 1 rings (SSSR count). The minimum atomic E-state index is -2.54. The van der Waals surface area contributed by atoms with Crippen LogP contribution in [-0.2, 0) is 20.9 Å². The third kappa shape index (κ3) is 4.90. The molecule has 0 fully saturated rings. The molecule has 0 aliphatic rings. The first kappa shape index (κ1) is 14.9. The van der Waals surface area contributed by atoms with E-state index in [0.29, 0.717) is 18.8 Å². The zero-order valence-corrected chi connectivity index (χ0v) is 12.3. The summed E-state index contributed by atoms with van der Waals surface area (Å²) >= 11 is 6.28. The molecule has 0 radical (unpaired) electrons. The van der Waals surface area contributed by atoms with Gasteiger partial charge in [0.05, 0.1) is 13.2 Å². The second-order valence-corrected chi connectivity index (χ2v) is 9.12. The molecule has 0 unspecified atom stereocenters. The van der Waals surface area contributed by atoms with Gasteiger partial charge in [-0.05, 0) is 25.7 Å². The molecule has 0 atom stereocenters. The van der Waals surface area contributed by atoms with Gasteiger partial charge in [0.2, 0.25) is 5.12 Å². The molecule has 0 aliphatic carbocycles. The summed E-state index contributed by atoms with van der Waals surface area (Å²) in [5.41, 5.74) is -1.92. The Morgan fingerprint density at radius 3 is 2.24 bits per heavy atom. The molecule has 0 saturated heterocycles. The summed E-state index contributed by atoms with van der Waals surface area (Å²) in [6.45, 7) is 4.58. The van der Waals surface area contributed by atoms with Gasteiger partial charge in [-0.15, -0.1) is 0 Å². The van der Waals surface area contributed by atoms with Gasteiger partial charge in [0.15, 0.2) is 0 Å². The smallest absolute Gasteiger partial charge is 0.255 e. The molecule has 0 aliphatic heterocycles. The van der Waals surface area contributed by atoms with E-state index in [4.69, 9.17) is 20.9 Å². The Balaban J connectivity index is 2.74. The minimum absolute atomic E-state index is 0.101. The highest BCUT2D eigenvalue weighted by Crippen LogP contribution is 2.61. The summed E-state index contributed by atoms with van der Waals surface area (Å²) in [4.78, 5) is 12.0. The second-order valence-electron chi connectivity index (χ2n) is 3.03. The van der Waals surface area contributed by atoms with Crippen LogP contribution in [0, 0.1) is 0 Å². The largest absolute Gasteiger partial charge is 0.322 e. The van der Waals surface area contributed by atoms with Gasteiger partial charge in [-0.2, -0.15) is 0 Å². The van der Waals surface area contributed by atoms with E-state index >= 15 is 0 Å². The number of hydrogen-bond acceptors (Lipinski definition) is 5. The van der Waals surface area contributed by atoms with Crippen molar-refractivity contribution in [3.63, 3.8) is 0 Å². The summed E-state index contributed by atoms with van der Waals surface area (Å²) in [6.07, 6.45) is 0. The molecule has 3 nitrogen and oxygen atoms in total. The maximum atomic E-state index is 12.0. The van der Waals surface area contributed by atoms with Crippen LogP contribution in [-0.4, -0.2) is 18.3 Å². The zero-order valence-electron chi connectivity index (χ0n) is 9.79. The average Bonchev–Trinajstić information content (AvgIpc) is 2.30. The highest BCUT2D eigenvalue weighted by Gasteiger charge is 2.24. The van der Waals surface area contributed by atoms with Crippen molar-refractivity contribution in [2.24, 2.45) is 0 Å². The highest BCUT2D eigenvalue weighted by atomic mass is 32.9. The van der Waals surface area contributed by atoms with E-state index in [9.17, 15) is 4.79 Å². The standard InChI is InChI=1S/C11H15O3PS2/c1-3-13-15(16,14-4-2)17-11(12)10-8-6-5-7-9-10/h5-9H,3-4H2,1-2H3. The highest BCUT2D eigenvalue weighted by molar-refractivity contribution is 8.73. The normalized spacial score (nSPS) is 11.4. The van der Waals surface area contributed by atoms with Crippen LogP contribution in [0.25, 0.3) is 0 Å². The van der Waals surface area contributed by atoms with Crippen LogP contribution in [0.1, 0.15) is 24.2 Å². The molecule has 0 N–H and O–H groups in total. The average molecular weight is 290 g/mol. The molecule has 0 saturated carbocycles. The van der Waals surface area contributed by atoms with Gasteiger partial charge in [0.1, 0.15) is 0 Å². The Morgan fingerprint density at radius 1 is 1.24 bits per heavy atom. The monoisotopic (exact) mass is 290 g/mol. The van der Waals surface area contributed by atoms with Gasteiger partial charge in [0, 0.05) is 16.9 Å². The predicted molar refractivity (Wildman–Crippen MR) is 75.9 cm³/mol. The number of carbonyl (C=O) groups is 1. The molecule has 0 amide bonds. The van der Waals surface area contributed by atoms with Crippen molar-refractivity contribution < 1.29 is 13.8 Å². The van der Waals surface area contributed by atoms with E-state index in [1.807, 2.05) is 32.0 Å². The van der Waals surface area contributed by atoms with Crippen molar-refractivity contribution in [3.8, 4) is 0 Å². The molecule has 6 heteroatoms. The summed E-state index contributed by atoms with van der Waals surface area (Å²) in [5, 5.41) is -0.101. The van der Waals surface area contributed by atoms with Crippen molar-refractivity contribution in [2.45, 2.75) is 13.8 Å². The Labute approximate surface area is 111 Å². The van der Waals surface area contributed by atoms with Gasteiger partial charge in [-0.1, -0.05) is 30.3 Å². The summed E-state index contributed by atoms with van der Waals surface area (Å²) < 4.78 is 10.8. The van der Waals surface area contributed by atoms with Gasteiger partial charge in [-0.25, -0.2) is 0 Å². The molecule has 0 spiro atoms. The molecular weight excluding hydrogens is 275 g/mol. The number of hydrogen-bond donors (Lipinski definition) is 0. The van der Waals surface area contributed by atoms with Crippen LogP contribution >= 0.6 is 17.1 Å². The van der Waals surface area contributed by atoms with Gasteiger partial charge < -0.3 is 9.05 Å². The van der Waals surface area contributed by atoms with Crippen LogP contribution in [0.5, 0.6) is 0 Å². The van der Waals surface area contributed by atoms with E-state index in [0.717, 1.165) is 11.4 Å². The summed E-state index contributed by atoms with van der Waals surface area (Å²) in [6, 6.07) is 9.01. The maximum Gasteiger partial charge on any atom is 0.255 e. The molecule has 17 heavy (non-hydrogen) atoms. The zero-order chi connectivity index (χ0) is 12.7. The van der Waals surface area contributed by atoms with Crippen LogP contribution in [0.3, 0.4) is 0 Å². The van der Waals surface area contributed by atoms with E-state index in [1.165, 1.54) is 0 Å². The molecular formula is C11H15O3PS2. The van der Waals surface area contributed by atoms with Crippen molar-refractivity contribution in [1.82, 2.24) is 0 Å². The lowest BCUT2D eigenvalue weighted by Crippen LogP contribution is -1.98. The molecule has 0 aromatic heterocycles. The molecule has 0 bridgehead atoms. The topological polar surface area (TPSA) is 35.5 Å². The van der Waals surface area contributed by atoms with Crippen LogP contribution < -0.4 is 0 Å². The molecule has 1 aromatic rings.